The molecule has 1 heterocycles. The van der Waals surface area contributed by atoms with E-state index in [-0.39, 0.29) is 60.9 Å². The highest BCUT2D eigenvalue weighted by molar-refractivity contribution is 5.89. The smallest absolute Gasteiger partial charge is 0.243 e. The van der Waals surface area contributed by atoms with Gasteiger partial charge in [0.2, 0.25) is 11.8 Å². The molecule has 0 radical (unpaired) electrons. The molecular weight excluding hydrogens is 386 g/mol. The first-order valence-corrected chi connectivity index (χ1v) is 11.0. The highest BCUT2D eigenvalue weighted by atomic mass is 16.3. The number of aliphatic hydroxyl groups is 3. The minimum absolute atomic E-state index is 0.0417. The average Bonchev–Trinajstić information content (AvgIpc) is 3.21. The van der Waals surface area contributed by atoms with Gasteiger partial charge in [-0.3, -0.25) is 9.59 Å². The zero-order valence-electron chi connectivity index (χ0n) is 20.3. The van der Waals surface area contributed by atoms with Gasteiger partial charge in [-0.1, -0.05) is 48.5 Å². The molecule has 180 valence electrons. The molecule has 1 aliphatic rings. The SMILES string of the molecule is CC(C)[C@H](C)C(=O)N1CCCC1C(=O)N[C@H](CO)C(C)C.CC(C)[C@H](N)CO.CO. The molecule has 0 spiro atoms. The molecule has 1 saturated heterocycles. The minimum Gasteiger partial charge on any atom is -0.400 e. The van der Waals surface area contributed by atoms with Crippen LogP contribution in [0.1, 0.15) is 61.3 Å². The van der Waals surface area contributed by atoms with E-state index < -0.39 is 0 Å². The monoisotopic (exact) mass is 433 g/mol. The summed E-state index contributed by atoms with van der Waals surface area (Å²) in [4.78, 5) is 26.6. The quantitative estimate of drug-likeness (QED) is 0.387. The Morgan fingerprint density at radius 1 is 0.967 bits per heavy atom. The Kier molecular flexibility index (Phi) is 17.0. The number of hydrogen-bond acceptors (Lipinski definition) is 6. The molecule has 0 aromatic rings. The molecule has 1 fully saturated rings. The fraction of sp³-hybridized carbons (Fsp3) is 0.909. The van der Waals surface area contributed by atoms with Crippen molar-refractivity contribution in [3.05, 3.63) is 0 Å². The Morgan fingerprint density at radius 3 is 1.83 bits per heavy atom. The molecule has 0 aliphatic carbocycles. The molecule has 8 nitrogen and oxygen atoms in total. The van der Waals surface area contributed by atoms with Crippen molar-refractivity contribution < 1.29 is 24.9 Å². The number of likely N-dealkylation sites (tertiary alicyclic amines) is 1. The van der Waals surface area contributed by atoms with Gasteiger partial charge in [-0.15, -0.1) is 0 Å². The van der Waals surface area contributed by atoms with Crippen LogP contribution in [0.2, 0.25) is 0 Å². The van der Waals surface area contributed by atoms with Crippen molar-refractivity contribution in [2.24, 2.45) is 29.4 Å². The second-order valence-electron chi connectivity index (χ2n) is 8.85. The zero-order chi connectivity index (χ0) is 24.0. The second-order valence-corrected chi connectivity index (χ2v) is 8.85. The molecule has 6 N–H and O–H groups in total. The maximum absolute atomic E-state index is 12.5. The van der Waals surface area contributed by atoms with Crippen LogP contribution >= 0.6 is 0 Å². The molecule has 8 heteroatoms. The fourth-order valence-electron chi connectivity index (χ4n) is 2.76. The van der Waals surface area contributed by atoms with Crippen LogP contribution in [0.15, 0.2) is 0 Å². The second kappa shape index (κ2) is 16.5. The van der Waals surface area contributed by atoms with Gasteiger partial charge in [-0.2, -0.15) is 0 Å². The maximum Gasteiger partial charge on any atom is 0.243 e. The van der Waals surface area contributed by atoms with E-state index in [1.807, 2.05) is 48.5 Å². The average molecular weight is 434 g/mol. The van der Waals surface area contributed by atoms with Gasteiger partial charge in [0.05, 0.1) is 19.3 Å². The number of carbonyl (C=O) groups is 2. The van der Waals surface area contributed by atoms with Crippen LogP contribution in [-0.4, -0.2) is 77.0 Å². The lowest BCUT2D eigenvalue weighted by Gasteiger charge is -2.30. The third kappa shape index (κ3) is 10.7. The molecule has 1 aliphatic heterocycles. The minimum atomic E-state index is -0.383. The van der Waals surface area contributed by atoms with Gasteiger partial charge < -0.3 is 31.3 Å². The van der Waals surface area contributed by atoms with Crippen LogP contribution in [0.25, 0.3) is 0 Å². The predicted molar refractivity (Wildman–Crippen MR) is 121 cm³/mol. The van der Waals surface area contributed by atoms with E-state index >= 15 is 0 Å². The molecule has 0 bridgehead atoms. The van der Waals surface area contributed by atoms with Gasteiger partial charge in [0.1, 0.15) is 6.04 Å². The molecular formula is C22H47N3O5. The van der Waals surface area contributed by atoms with Crippen LogP contribution in [0.5, 0.6) is 0 Å². The van der Waals surface area contributed by atoms with Crippen molar-refractivity contribution in [1.82, 2.24) is 10.2 Å². The first-order valence-electron chi connectivity index (χ1n) is 11.0. The molecule has 2 amide bonds. The van der Waals surface area contributed by atoms with Crippen LogP contribution in [0.3, 0.4) is 0 Å². The number of hydrogen-bond donors (Lipinski definition) is 5. The number of nitrogens with two attached hydrogens (primary N) is 1. The van der Waals surface area contributed by atoms with Crippen LogP contribution in [0, 0.1) is 23.7 Å². The number of amides is 2. The van der Waals surface area contributed by atoms with Crippen LogP contribution in [-0.2, 0) is 9.59 Å². The van der Waals surface area contributed by atoms with Gasteiger partial charge in [0, 0.05) is 25.6 Å². The van der Waals surface area contributed by atoms with E-state index in [0.717, 1.165) is 13.5 Å². The normalized spacial score (nSPS) is 18.9. The maximum atomic E-state index is 12.5. The molecule has 4 atom stereocenters. The summed E-state index contributed by atoms with van der Waals surface area (Å²) in [6, 6.07) is -0.677. The van der Waals surface area contributed by atoms with Crippen molar-refractivity contribution in [3.63, 3.8) is 0 Å². The summed E-state index contributed by atoms with van der Waals surface area (Å²) in [5.41, 5.74) is 5.37. The van der Waals surface area contributed by atoms with Gasteiger partial charge in [-0.25, -0.2) is 0 Å². The Labute approximate surface area is 183 Å². The van der Waals surface area contributed by atoms with E-state index in [9.17, 15) is 14.7 Å². The van der Waals surface area contributed by atoms with E-state index in [1.165, 1.54) is 0 Å². The summed E-state index contributed by atoms with van der Waals surface area (Å²) in [7, 11) is 1.00. The lowest BCUT2D eigenvalue weighted by atomic mass is 9.96. The molecule has 1 rings (SSSR count). The molecule has 30 heavy (non-hydrogen) atoms. The zero-order valence-corrected chi connectivity index (χ0v) is 20.3. The Bertz CT molecular complexity index is 472. The van der Waals surface area contributed by atoms with Crippen molar-refractivity contribution >= 4 is 11.8 Å². The standard InChI is InChI=1S/C16H30N2O3.C5H13NO.CH4O/c1-10(2)12(5)16(21)18-8-6-7-14(18)15(20)17-13(9-19)11(3)4;1-4(2)5(6)3-7;1-2/h10-14,19H,6-9H2,1-5H3,(H,17,20);4-5,7H,3,6H2,1-2H3;2H,1H3/t12-,13+,14?;5-;/m01./s1. The number of rotatable bonds is 8. The molecule has 0 aromatic carbocycles. The topological polar surface area (TPSA) is 136 Å². The summed E-state index contributed by atoms with van der Waals surface area (Å²) in [5.74, 6) is 0.682. The van der Waals surface area contributed by atoms with E-state index in [0.29, 0.717) is 18.9 Å². The third-order valence-electron chi connectivity index (χ3n) is 5.62. The fourth-order valence-corrected chi connectivity index (χ4v) is 2.76. The number of nitrogens with zero attached hydrogens (tertiary/aromatic N) is 1. The van der Waals surface area contributed by atoms with Crippen molar-refractivity contribution in [3.8, 4) is 0 Å². The lowest BCUT2D eigenvalue weighted by Crippen LogP contribution is -2.52. The number of carbonyl (C=O) groups excluding carboxylic acids is 2. The van der Waals surface area contributed by atoms with Crippen molar-refractivity contribution in [1.29, 1.82) is 0 Å². The van der Waals surface area contributed by atoms with Crippen LogP contribution in [0.4, 0.5) is 0 Å². The summed E-state index contributed by atoms with van der Waals surface area (Å²) in [5, 5.41) is 27.6. The Hall–Kier alpha value is -1.22. The number of aliphatic hydroxyl groups excluding tert-OH is 3. The van der Waals surface area contributed by atoms with E-state index in [4.69, 9.17) is 15.9 Å². The molecule has 1 unspecified atom stereocenters. The first kappa shape index (κ1) is 31.0. The van der Waals surface area contributed by atoms with Crippen LogP contribution < -0.4 is 11.1 Å². The molecule has 0 aromatic heterocycles. The summed E-state index contributed by atoms with van der Waals surface area (Å²) < 4.78 is 0. The highest BCUT2D eigenvalue weighted by Gasteiger charge is 2.37. The van der Waals surface area contributed by atoms with Crippen molar-refractivity contribution in [2.45, 2.75) is 79.4 Å². The van der Waals surface area contributed by atoms with Gasteiger partial charge in [0.25, 0.3) is 0 Å². The lowest BCUT2D eigenvalue weighted by molar-refractivity contribution is -0.142. The largest absolute Gasteiger partial charge is 0.400 e. The predicted octanol–water partition coefficient (Wildman–Crippen LogP) is 0.973. The first-order chi connectivity index (χ1) is 14.0. The summed E-state index contributed by atoms with van der Waals surface area (Å²) in [6.07, 6.45) is 1.57. The highest BCUT2D eigenvalue weighted by Crippen LogP contribution is 2.23. The van der Waals surface area contributed by atoms with Gasteiger partial charge in [0.15, 0.2) is 0 Å². The van der Waals surface area contributed by atoms with Crippen molar-refractivity contribution in [2.75, 3.05) is 26.9 Å². The van der Waals surface area contributed by atoms with E-state index in [2.05, 4.69) is 5.32 Å². The Balaban J connectivity index is 0. The Morgan fingerprint density at radius 2 is 1.50 bits per heavy atom. The summed E-state index contributed by atoms with van der Waals surface area (Å²) in [6.45, 7) is 14.5. The van der Waals surface area contributed by atoms with Gasteiger partial charge >= 0.3 is 0 Å². The number of nitrogens with one attached hydrogen (secondary N) is 1. The summed E-state index contributed by atoms with van der Waals surface area (Å²) >= 11 is 0. The van der Waals surface area contributed by atoms with E-state index in [1.54, 1.807) is 4.90 Å². The van der Waals surface area contributed by atoms with Gasteiger partial charge in [-0.05, 0) is 30.6 Å². The third-order valence-corrected chi connectivity index (χ3v) is 5.62. The molecule has 0 saturated carbocycles.